The van der Waals surface area contributed by atoms with Gasteiger partial charge in [-0.25, -0.2) is 0 Å². The number of hydrogen-bond donors (Lipinski definition) is 0. The van der Waals surface area contributed by atoms with Crippen LogP contribution >= 0.6 is 0 Å². The smallest absolute Gasteiger partial charge is 0.311 e. The van der Waals surface area contributed by atoms with Crippen LogP contribution < -0.4 is 9.47 Å². The summed E-state index contributed by atoms with van der Waals surface area (Å²) < 4.78 is 17.0. The maximum absolute atomic E-state index is 13.0. The Balaban J connectivity index is 1.64. The monoisotopic (exact) mass is 508 g/mol. The number of ether oxygens (including phenoxy) is 3. The van der Waals surface area contributed by atoms with E-state index >= 15 is 0 Å². The second kappa shape index (κ2) is 8.52. The Kier molecular flexibility index (Phi) is 6.13. The number of fused-ring (bicyclic) bond motifs is 7. The second-order valence-electron chi connectivity index (χ2n) is 13.7. The van der Waals surface area contributed by atoms with E-state index in [1.807, 2.05) is 0 Å². The number of carbonyl (C=O) groups excluding carboxylic acids is 1. The second-order valence-corrected chi connectivity index (χ2v) is 13.7. The Morgan fingerprint density at radius 1 is 0.973 bits per heavy atom. The van der Waals surface area contributed by atoms with Gasteiger partial charge in [0.05, 0.1) is 26.7 Å². The molecule has 5 rings (SSSR count). The molecule has 37 heavy (non-hydrogen) atoms. The highest BCUT2D eigenvalue weighted by molar-refractivity contribution is 5.76. The molecular formula is C33H48O4. The fraction of sp³-hybridized carbons (Fsp3) is 0.727. The molecule has 3 fully saturated rings. The third-order valence-corrected chi connectivity index (χ3v) is 12.4. The molecule has 4 aliphatic carbocycles. The van der Waals surface area contributed by atoms with Gasteiger partial charge in [-0.2, -0.15) is 0 Å². The fourth-order valence-electron chi connectivity index (χ4n) is 10.1. The maximum Gasteiger partial charge on any atom is 0.311 e. The highest BCUT2D eigenvalue weighted by Crippen LogP contribution is 2.75. The molecule has 0 spiro atoms. The van der Waals surface area contributed by atoms with Crippen molar-refractivity contribution in [2.24, 2.45) is 27.6 Å². The summed E-state index contributed by atoms with van der Waals surface area (Å²) in [6.07, 6.45) is 12.5. The van der Waals surface area contributed by atoms with Gasteiger partial charge in [-0.05, 0) is 117 Å². The van der Waals surface area contributed by atoms with Gasteiger partial charge in [-0.1, -0.05) is 39.3 Å². The topological polar surface area (TPSA) is 44.8 Å². The predicted octanol–water partition coefficient (Wildman–Crippen LogP) is 7.73. The van der Waals surface area contributed by atoms with Crippen LogP contribution in [0.15, 0.2) is 17.7 Å². The van der Waals surface area contributed by atoms with E-state index in [1.165, 1.54) is 36.0 Å². The van der Waals surface area contributed by atoms with E-state index in [2.05, 4.69) is 53.7 Å². The van der Waals surface area contributed by atoms with E-state index in [4.69, 9.17) is 14.2 Å². The van der Waals surface area contributed by atoms with Crippen molar-refractivity contribution in [2.45, 2.75) is 105 Å². The zero-order valence-electron chi connectivity index (χ0n) is 24.7. The Hall–Kier alpha value is -1.97. The molecule has 0 radical (unpaired) electrons. The first-order chi connectivity index (χ1) is 17.4. The molecule has 1 aromatic carbocycles. The van der Waals surface area contributed by atoms with Gasteiger partial charge in [0.15, 0.2) is 11.5 Å². The van der Waals surface area contributed by atoms with Crippen LogP contribution in [0.5, 0.6) is 11.5 Å². The van der Waals surface area contributed by atoms with E-state index in [1.54, 1.807) is 26.9 Å². The summed E-state index contributed by atoms with van der Waals surface area (Å²) in [5.41, 5.74) is 5.87. The number of esters is 1. The molecule has 0 aromatic heterocycles. The van der Waals surface area contributed by atoms with Crippen molar-refractivity contribution < 1.29 is 19.0 Å². The van der Waals surface area contributed by atoms with Crippen molar-refractivity contribution in [2.75, 3.05) is 21.3 Å². The molecule has 0 saturated heterocycles. The highest BCUT2D eigenvalue weighted by atomic mass is 16.5. The normalized spacial score (nSPS) is 40.4. The fourth-order valence-corrected chi connectivity index (χ4v) is 10.1. The first-order valence-corrected chi connectivity index (χ1v) is 14.4. The molecule has 204 valence electrons. The molecular weight excluding hydrogens is 460 g/mol. The lowest BCUT2D eigenvalue weighted by molar-refractivity contribution is -0.185. The zero-order chi connectivity index (χ0) is 27.0. The van der Waals surface area contributed by atoms with Crippen LogP contribution in [0.3, 0.4) is 0 Å². The van der Waals surface area contributed by atoms with Gasteiger partial charge in [0.1, 0.15) is 0 Å². The van der Waals surface area contributed by atoms with E-state index in [0.717, 1.165) is 50.0 Å². The predicted molar refractivity (Wildman–Crippen MR) is 148 cm³/mol. The largest absolute Gasteiger partial charge is 0.493 e. The minimum atomic E-state index is -0.380. The van der Waals surface area contributed by atoms with E-state index in [-0.39, 0.29) is 33.0 Å². The summed E-state index contributed by atoms with van der Waals surface area (Å²) in [5.74, 6) is 2.21. The lowest BCUT2D eigenvalue weighted by Gasteiger charge is -2.70. The number of allylic oxidation sites excluding steroid dienone is 2. The van der Waals surface area contributed by atoms with Crippen molar-refractivity contribution in [3.05, 3.63) is 34.4 Å². The average molecular weight is 509 g/mol. The molecule has 4 aliphatic rings. The number of rotatable bonds is 4. The van der Waals surface area contributed by atoms with Crippen LogP contribution in [0.2, 0.25) is 0 Å². The third-order valence-electron chi connectivity index (χ3n) is 12.4. The van der Waals surface area contributed by atoms with Gasteiger partial charge in [-0.15, -0.1) is 0 Å². The lowest BCUT2D eigenvalue weighted by Crippen LogP contribution is -2.63. The first kappa shape index (κ1) is 26.6. The summed E-state index contributed by atoms with van der Waals surface area (Å²) in [5, 5.41) is 0. The minimum Gasteiger partial charge on any atom is -0.493 e. The van der Waals surface area contributed by atoms with Gasteiger partial charge in [0.2, 0.25) is 0 Å². The van der Waals surface area contributed by atoms with Gasteiger partial charge in [0, 0.05) is 5.41 Å². The van der Waals surface area contributed by atoms with E-state index in [9.17, 15) is 4.79 Å². The molecule has 1 aromatic rings. The number of hydrogen-bond acceptors (Lipinski definition) is 4. The molecule has 0 N–H and O–H groups in total. The SMILES string of the molecule is CC[C@@]12CC[C@]3(C)C(=CCc4c3cc(OC)c(OC)c4C)[C@@]1(C)CC[C@@]1(C)CC[C@@](C)(C(=O)OC)C[C@H]12. The molecule has 4 nitrogen and oxygen atoms in total. The van der Waals surface area contributed by atoms with Gasteiger partial charge in [0.25, 0.3) is 0 Å². The highest BCUT2D eigenvalue weighted by Gasteiger charge is 2.68. The molecule has 4 heteroatoms. The number of carbonyl (C=O) groups is 1. The third kappa shape index (κ3) is 3.29. The van der Waals surface area contributed by atoms with Crippen LogP contribution in [0, 0.1) is 34.5 Å². The number of methoxy groups -OCH3 is 3. The van der Waals surface area contributed by atoms with Crippen molar-refractivity contribution in [1.82, 2.24) is 0 Å². The van der Waals surface area contributed by atoms with Crippen molar-refractivity contribution in [3.8, 4) is 11.5 Å². The quantitative estimate of drug-likeness (QED) is 0.308. The number of benzene rings is 1. The summed E-state index contributed by atoms with van der Waals surface area (Å²) in [6, 6.07) is 2.28. The van der Waals surface area contributed by atoms with Crippen molar-refractivity contribution >= 4 is 5.97 Å². The van der Waals surface area contributed by atoms with Crippen LogP contribution in [0.4, 0.5) is 0 Å². The molecule has 0 bridgehead atoms. The molecule has 0 heterocycles. The molecule has 3 saturated carbocycles. The first-order valence-electron chi connectivity index (χ1n) is 14.4. The summed E-state index contributed by atoms with van der Waals surface area (Å²) >= 11 is 0. The molecule has 6 atom stereocenters. The van der Waals surface area contributed by atoms with E-state index < -0.39 is 0 Å². The minimum absolute atomic E-state index is 0.0145. The maximum atomic E-state index is 13.0. The molecule has 0 unspecified atom stereocenters. The van der Waals surface area contributed by atoms with Crippen molar-refractivity contribution in [1.29, 1.82) is 0 Å². The van der Waals surface area contributed by atoms with Crippen LogP contribution in [-0.4, -0.2) is 27.3 Å². The van der Waals surface area contributed by atoms with Crippen molar-refractivity contribution in [3.63, 3.8) is 0 Å². The average Bonchev–Trinajstić information content (AvgIpc) is 2.89. The Labute approximate surface area is 224 Å². The van der Waals surface area contributed by atoms with Gasteiger partial charge < -0.3 is 14.2 Å². The van der Waals surface area contributed by atoms with Crippen LogP contribution in [0.25, 0.3) is 0 Å². The standard InChI is InChI=1S/C33H48O4/c1-10-33-18-16-31(5)23-19-24(35-7)27(36-8)21(2)22(23)11-12-25(31)32(33,6)17-15-29(3)13-14-30(4,20-26(29)33)28(34)37-9/h12,19,26H,10-11,13-18,20H2,1-9H3/t26-,29-,30-,31+,32-,33+/m1/s1. The van der Waals surface area contributed by atoms with Gasteiger partial charge >= 0.3 is 5.97 Å². The zero-order valence-corrected chi connectivity index (χ0v) is 24.7. The Morgan fingerprint density at radius 3 is 2.30 bits per heavy atom. The molecule has 0 amide bonds. The summed E-state index contributed by atoms with van der Waals surface area (Å²) in [7, 11) is 5.05. The van der Waals surface area contributed by atoms with Crippen LogP contribution in [-0.2, 0) is 21.4 Å². The summed E-state index contributed by atoms with van der Waals surface area (Å²) in [4.78, 5) is 13.0. The Bertz CT molecular complexity index is 1150. The Morgan fingerprint density at radius 2 is 1.68 bits per heavy atom. The summed E-state index contributed by atoms with van der Waals surface area (Å²) in [6.45, 7) is 14.4. The molecule has 0 aliphatic heterocycles. The lowest BCUT2D eigenvalue weighted by atomic mass is 9.33. The van der Waals surface area contributed by atoms with Crippen LogP contribution in [0.1, 0.15) is 103 Å². The van der Waals surface area contributed by atoms with Gasteiger partial charge in [-0.3, -0.25) is 4.79 Å². The van der Waals surface area contributed by atoms with E-state index in [0.29, 0.717) is 5.92 Å².